The minimum Gasteiger partial charge on any atom is -0.486 e. The molecular weight excluding hydrogens is 319 g/mol. The maximum Gasteiger partial charge on any atom is 0.133 e. The van der Waals surface area contributed by atoms with Crippen LogP contribution in [0.5, 0.6) is 5.75 Å². The average Bonchev–Trinajstić information content (AvgIpc) is 2.28. The maximum atomic E-state index is 9.55. The molecule has 1 aliphatic carbocycles. The maximum absolute atomic E-state index is 9.55. The van der Waals surface area contributed by atoms with Gasteiger partial charge in [-0.05, 0) is 41.6 Å². The van der Waals surface area contributed by atoms with Gasteiger partial charge in [0.05, 0.1) is 9.67 Å². The molecule has 1 aromatic carbocycles. The van der Waals surface area contributed by atoms with Crippen molar-refractivity contribution in [3.8, 4) is 5.75 Å². The Balaban J connectivity index is 1.98. The van der Waals surface area contributed by atoms with Crippen LogP contribution in [0, 0.1) is 3.57 Å². The second-order valence-corrected chi connectivity index (χ2v) is 4.97. The first kappa shape index (κ1) is 12.1. The number of rotatable bonds is 4. The first-order valence-corrected chi connectivity index (χ1v) is 6.51. The van der Waals surface area contributed by atoms with E-state index in [0.717, 1.165) is 9.32 Å². The summed E-state index contributed by atoms with van der Waals surface area (Å²) in [5.41, 5.74) is 0. The molecule has 1 N–H and O–H groups in total. The molecule has 1 aliphatic rings. The Kier molecular flexibility index (Phi) is 4.05. The Bertz CT molecular complexity index is 356. The lowest BCUT2D eigenvalue weighted by Gasteiger charge is -2.40. The van der Waals surface area contributed by atoms with Crippen molar-refractivity contribution in [2.45, 2.75) is 31.7 Å². The number of hydrogen-bond donors (Lipinski definition) is 1. The second kappa shape index (κ2) is 5.33. The van der Waals surface area contributed by atoms with Crippen LogP contribution in [0.2, 0.25) is 0 Å². The highest BCUT2D eigenvalue weighted by Gasteiger charge is 2.42. The zero-order valence-corrected chi connectivity index (χ0v) is 11.3. The van der Waals surface area contributed by atoms with E-state index >= 15 is 0 Å². The quantitative estimate of drug-likeness (QED) is 0.858. The summed E-state index contributed by atoms with van der Waals surface area (Å²) in [6, 6.07) is 7.86. The van der Waals surface area contributed by atoms with Crippen molar-refractivity contribution in [3.05, 3.63) is 27.8 Å². The van der Waals surface area contributed by atoms with E-state index in [1.54, 1.807) is 0 Å². The van der Waals surface area contributed by atoms with E-state index in [9.17, 15) is 5.11 Å². The predicted molar refractivity (Wildman–Crippen MR) is 69.6 cm³/mol. The third-order valence-corrected chi connectivity index (χ3v) is 3.58. The Morgan fingerprint density at radius 2 is 2.19 bits per heavy atom. The normalized spacial score (nSPS) is 28.6. The van der Waals surface area contributed by atoms with Gasteiger partial charge in [0.15, 0.2) is 0 Å². The molecule has 1 saturated carbocycles. The van der Waals surface area contributed by atoms with E-state index in [-0.39, 0.29) is 18.3 Å². The number of hydrogen-bond acceptors (Lipinski definition) is 3. The van der Waals surface area contributed by atoms with Crippen LogP contribution >= 0.6 is 22.6 Å². The van der Waals surface area contributed by atoms with Crippen molar-refractivity contribution >= 4 is 22.6 Å². The van der Waals surface area contributed by atoms with Crippen molar-refractivity contribution in [1.29, 1.82) is 0 Å². The molecule has 0 saturated heterocycles. The fourth-order valence-corrected chi connectivity index (χ4v) is 2.30. The second-order valence-electron chi connectivity index (χ2n) is 3.81. The molecule has 4 heteroatoms. The Labute approximate surface area is 109 Å². The molecule has 0 bridgehead atoms. The van der Waals surface area contributed by atoms with Crippen LogP contribution in [0.3, 0.4) is 0 Å². The lowest BCUT2D eigenvalue weighted by Crippen LogP contribution is -2.55. The zero-order chi connectivity index (χ0) is 11.5. The molecule has 0 amide bonds. The smallest absolute Gasteiger partial charge is 0.133 e. The number of para-hydroxylation sites is 1. The van der Waals surface area contributed by atoms with Crippen molar-refractivity contribution in [1.82, 2.24) is 0 Å². The molecule has 0 heterocycles. The van der Waals surface area contributed by atoms with Gasteiger partial charge in [-0.15, -0.1) is 0 Å². The van der Waals surface area contributed by atoms with Crippen molar-refractivity contribution in [2.24, 2.45) is 0 Å². The average molecular weight is 334 g/mol. The number of halogens is 1. The van der Waals surface area contributed by atoms with Crippen LogP contribution in [0.15, 0.2) is 24.3 Å². The topological polar surface area (TPSA) is 38.7 Å². The number of benzene rings is 1. The van der Waals surface area contributed by atoms with Crippen molar-refractivity contribution in [2.75, 3.05) is 6.61 Å². The summed E-state index contributed by atoms with van der Waals surface area (Å²) in [6.45, 7) is 2.53. The molecule has 88 valence electrons. The van der Waals surface area contributed by atoms with E-state index in [2.05, 4.69) is 22.6 Å². The van der Waals surface area contributed by atoms with E-state index in [0.29, 0.717) is 13.0 Å². The summed E-state index contributed by atoms with van der Waals surface area (Å²) in [7, 11) is 0. The van der Waals surface area contributed by atoms with Gasteiger partial charge in [-0.2, -0.15) is 0 Å². The lowest BCUT2D eigenvalue weighted by molar-refractivity contribution is -0.160. The first-order valence-electron chi connectivity index (χ1n) is 5.43. The number of ether oxygens (including phenoxy) is 2. The zero-order valence-electron chi connectivity index (χ0n) is 9.10. The molecule has 16 heavy (non-hydrogen) atoms. The predicted octanol–water partition coefficient (Wildman–Crippen LogP) is 2.21. The van der Waals surface area contributed by atoms with Gasteiger partial charge in [0.25, 0.3) is 0 Å². The lowest BCUT2D eigenvalue weighted by atomic mass is 9.88. The standard InChI is InChI=1S/C12H15IO3/c1-2-15-12-9(14)7-11(12)16-10-6-4-3-5-8(10)13/h3-6,9,11-12,14H,2,7H2,1H3. The van der Waals surface area contributed by atoms with E-state index in [1.165, 1.54) is 0 Å². The molecule has 3 unspecified atom stereocenters. The summed E-state index contributed by atoms with van der Waals surface area (Å²) in [4.78, 5) is 0. The fraction of sp³-hybridized carbons (Fsp3) is 0.500. The summed E-state index contributed by atoms with van der Waals surface area (Å²) >= 11 is 2.24. The first-order chi connectivity index (χ1) is 7.72. The SMILES string of the molecule is CCOC1C(O)CC1Oc1ccccc1I. The van der Waals surface area contributed by atoms with Gasteiger partial charge in [-0.1, -0.05) is 12.1 Å². The summed E-state index contributed by atoms with van der Waals surface area (Å²) < 4.78 is 12.3. The van der Waals surface area contributed by atoms with Gasteiger partial charge in [-0.25, -0.2) is 0 Å². The van der Waals surface area contributed by atoms with Crippen LogP contribution in [0.4, 0.5) is 0 Å². The molecule has 2 rings (SSSR count). The molecule has 1 aromatic rings. The minimum atomic E-state index is -0.383. The highest BCUT2D eigenvalue weighted by Crippen LogP contribution is 2.30. The van der Waals surface area contributed by atoms with Crippen molar-refractivity contribution < 1.29 is 14.6 Å². The Morgan fingerprint density at radius 1 is 1.44 bits per heavy atom. The summed E-state index contributed by atoms with van der Waals surface area (Å²) in [5.74, 6) is 0.865. The van der Waals surface area contributed by atoms with E-state index in [1.807, 2.05) is 31.2 Å². The van der Waals surface area contributed by atoms with Crippen LogP contribution in [0.1, 0.15) is 13.3 Å². The van der Waals surface area contributed by atoms with Crippen molar-refractivity contribution in [3.63, 3.8) is 0 Å². The highest BCUT2D eigenvalue weighted by atomic mass is 127. The third kappa shape index (κ3) is 2.49. The molecule has 3 nitrogen and oxygen atoms in total. The summed E-state index contributed by atoms with van der Waals surface area (Å²) in [5, 5.41) is 9.55. The Hall–Kier alpha value is -0.330. The summed E-state index contributed by atoms with van der Waals surface area (Å²) in [6.07, 6.45) is 0.0634. The van der Waals surface area contributed by atoms with Gasteiger partial charge in [-0.3, -0.25) is 0 Å². The molecule has 0 aromatic heterocycles. The molecule has 0 spiro atoms. The van der Waals surface area contributed by atoms with Gasteiger partial charge >= 0.3 is 0 Å². The van der Waals surface area contributed by atoms with E-state index in [4.69, 9.17) is 9.47 Å². The van der Waals surface area contributed by atoms with Crippen LogP contribution in [-0.4, -0.2) is 30.0 Å². The number of aliphatic hydroxyl groups is 1. The molecule has 3 atom stereocenters. The van der Waals surface area contributed by atoms with Crippen LogP contribution < -0.4 is 4.74 Å². The molecule has 0 aliphatic heterocycles. The third-order valence-electron chi connectivity index (χ3n) is 2.69. The van der Waals surface area contributed by atoms with Crippen LogP contribution in [-0.2, 0) is 4.74 Å². The van der Waals surface area contributed by atoms with Crippen LogP contribution in [0.25, 0.3) is 0 Å². The Morgan fingerprint density at radius 3 is 2.81 bits per heavy atom. The molecular formula is C12H15IO3. The molecule has 0 radical (unpaired) electrons. The monoisotopic (exact) mass is 334 g/mol. The molecule has 1 fully saturated rings. The van der Waals surface area contributed by atoms with Gasteiger partial charge in [0.2, 0.25) is 0 Å². The highest BCUT2D eigenvalue weighted by molar-refractivity contribution is 14.1. The van der Waals surface area contributed by atoms with E-state index < -0.39 is 0 Å². The number of aliphatic hydroxyl groups excluding tert-OH is 1. The van der Waals surface area contributed by atoms with Gasteiger partial charge < -0.3 is 14.6 Å². The van der Waals surface area contributed by atoms with Gasteiger partial charge in [0, 0.05) is 13.0 Å². The minimum absolute atomic E-state index is 0.0223. The fourth-order valence-electron chi connectivity index (χ4n) is 1.79. The van der Waals surface area contributed by atoms with Gasteiger partial charge in [0.1, 0.15) is 18.0 Å². The largest absolute Gasteiger partial charge is 0.486 e.